The molecule has 0 spiro atoms. The maximum atomic E-state index is 13.2. The third-order valence-corrected chi connectivity index (χ3v) is 5.14. The van der Waals surface area contributed by atoms with Crippen LogP contribution in [0.25, 0.3) is 0 Å². The molecule has 0 saturated carbocycles. The van der Waals surface area contributed by atoms with Crippen LogP contribution in [0.15, 0.2) is 28.8 Å². The van der Waals surface area contributed by atoms with E-state index in [-0.39, 0.29) is 30.1 Å². The molecule has 0 atom stereocenters. The van der Waals surface area contributed by atoms with Crippen LogP contribution in [-0.4, -0.2) is 34.5 Å². The van der Waals surface area contributed by atoms with Crippen molar-refractivity contribution in [3.05, 3.63) is 51.3 Å². The Balaban J connectivity index is 2.23. The topological polar surface area (TPSA) is 75.4 Å². The lowest BCUT2D eigenvalue weighted by molar-refractivity contribution is 0.0628. The predicted octanol–water partition coefficient (Wildman–Crippen LogP) is 5.20. The summed E-state index contributed by atoms with van der Waals surface area (Å²) in [5, 5.41) is 7.41. The summed E-state index contributed by atoms with van der Waals surface area (Å²) in [6.07, 6.45) is 1.53. The Bertz CT molecular complexity index is 847. The summed E-state index contributed by atoms with van der Waals surface area (Å²) in [7, 11) is 0. The predicted molar refractivity (Wildman–Crippen MR) is 114 cm³/mol. The van der Waals surface area contributed by atoms with Gasteiger partial charge in [-0.15, -0.1) is 0 Å². The van der Waals surface area contributed by atoms with Crippen molar-refractivity contribution in [1.82, 2.24) is 15.4 Å². The minimum Gasteiger partial charge on any atom is -0.359 e. The van der Waals surface area contributed by atoms with Crippen molar-refractivity contribution in [2.24, 2.45) is 5.92 Å². The van der Waals surface area contributed by atoms with E-state index in [1.807, 2.05) is 27.7 Å². The number of hydrogen-bond donors (Lipinski definition) is 1. The van der Waals surface area contributed by atoms with Crippen molar-refractivity contribution in [2.45, 2.75) is 53.1 Å². The second kappa shape index (κ2) is 10.6. The van der Waals surface area contributed by atoms with Gasteiger partial charge in [0.1, 0.15) is 0 Å². The van der Waals surface area contributed by atoms with Crippen LogP contribution < -0.4 is 5.32 Å². The number of halogens is 2. The Morgan fingerprint density at radius 3 is 2.45 bits per heavy atom. The van der Waals surface area contributed by atoms with Crippen LogP contribution in [0.4, 0.5) is 0 Å². The van der Waals surface area contributed by atoms with E-state index in [1.54, 1.807) is 29.2 Å². The van der Waals surface area contributed by atoms with Gasteiger partial charge in [-0.1, -0.05) is 56.1 Å². The zero-order valence-corrected chi connectivity index (χ0v) is 18.7. The number of aromatic nitrogens is 1. The van der Waals surface area contributed by atoms with Gasteiger partial charge in [0, 0.05) is 23.7 Å². The molecule has 2 aromatic rings. The van der Waals surface area contributed by atoms with Gasteiger partial charge in [-0.05, 0) is 37.0 Å². The minimum absolute atomic E-state index is 0.0161. The Labute approximate surface area is 181 Å². The number of amides is 2. The normalized spacial score (nSPS) is 11.2. The highest BCUT2D eigenvalue weighted by Gasteiger charge is 2.26. The third-order valence-electron chi connectivity index (χ3n) is 4.59. The van der Waals surface area contributed by atoms with Crippen LogP contribution in [0.5, 0.6) is 0 Å². The van der Waals surface area contributed by atoms with Crippen LogP contribution >= 0.6 is 23.2 Å². The molecule has 0 aliphatic rings. The van der Waals surface area contributed by atoms with Crippen molar-refractivity contribution in [2.75, 3.05) is 6.54 Å². The maximum absolute atomic E-state index is 13.2. The Morgan fingerprint density at radius 2 is 1.86 bits per heavy atom. The maximum Gasteiger partial charge on any atom is 0.273 e. The molecule has 0 saturated heterocycles. The molecule has 0 aliphatic carbocycles. The summed E-state index contributed by atoms with van der Waals surface area (Å²) in [4.78, 5) is 27.1. The molecular formula is C21H27Cl2N3O3. The highest BCUT2D eigenvalue weighted by atomic mass is 35.5. The Morgan fingerprint density at radius 1 is 1.17 bits per heavy atom. The fourth-order valence-corrected chi connectivity index (χ4v) is 3.45. The fraction of sp³-hybridized carbons (Fsp3) is 0.476. The van der Waals surface area contributed by atoms with E-state index in [0.717, 1.165) is 12.8 Å². The van der Waals surface area contributed by atoms with E-state index >= 15 is 0 Å². The largest absolute Gasteiger partial charge is 0.359 e. The summed E-state index contributed by atoms with van der Waals surface area (Å²) >= 11 is 12.2. The van der Waals surface area contributed by atoms with Gasteiger partial charge in [-0.3, -0.25) is 9.59 Å². The lowest BCUT2D eigenvalue weighted by Crippen LogP contribution is -2.39. The number of carbonyl (C=O) groups is 2. The van der Waals surface area contributed by atoms with Gasteiger partial charge >= 0.3 is 0 Å². The minimum atomic E-state index is -0.296. The molecule has 0 aliphatic heterocycles. The Kier molecular flexibility index (Phi) is 8.53. The first-order valence-electron chi connectivity index (χ1n) is 9.76. The quantitative estimate of drug-likeness (QED) is 0.582. The van der Waals surface area contributed by atoms with Gasteiger partial charge in [-0.2, -0.15) is 0 Å². The van der Waals surface area contributed by atoms with Gasteiger partial charge in [0.15, 0.2) is 11.5 Å². The number of rotatable bonds is 9. The van der Waals surface area contributed by atoms with Crippen molar-refractivity contribution in [3.8, 4) is 0 Å². The number of carbonyl (C=O) groups excluding carboxylic acids is 2. The van der Waals surface area contributed by atoms with Crippen molar-refractivity contribution in [1.29, 1.82) is 0 Å². The summed E-state index contributed by atoms with van der Waals surface area (Å²) in [5.41, 5.74) is 0.569. The second-order valence-corrected chi connectivity index (χ2v) is 8.15. The Hall–Kier alpha value is -2.05. The van der Waals surface area contributed by atoms with Crippen molar-refractivity contribution < 1.29 is 14.1 Å². The van der Waals surface area contributed by atoms with Crippen LogP contribution in [0.3, 0.4) is 0 Å². The summed E-state index contributed by atoms with van der Waals surface area (Å²) in [6, 6.07) is 6.36. The summed E-state index contributed by atoms with van der Waals surface area (Å²) < 4.78 is 5.34. The molecule has 1 N–H and O–H groups in total. The first-order chi connectivity index (χ1) is 13.8. The van der Waals surface area contributed by atoms with Crippen LogP contribution in [0.1, 0.15) is 67.1 Å². The monoisotopic (exact) mass is 439 g/mol. The lowest BCUT2D eigenvalue weighted by Gasteiger charge is -2.30. The molecule has 1 aromatic heterocycles. The number of hydrogen-bond acceptors (Lipinski definition) is 4. The smallest absolute Gasteiger partial charge is 0.273 e. The molecule has 29 heavy (non-hydrogen) atoms. The van der Waals surface area contributed by atoms with Crippen molar-refractivity contribution >= 4 is 35.0 Å². The number of nitrogens with zero attached hydrogens (tertiary/aromatic N) is 2. The molecule has 0 radical (unpaired) electrons. The molecule has 0 unspecified atom stereocenters. The average Bonchev–Trinajstić information content (AvgIpc) is 3.14. The summed E-state index contributed by atoms with van der Waals surface area (Å²) in [5.74, 6) is 0.250. The fourth-order valence-electron chi connectivity index (χ4n) is 2.96. The summed E-state index contributed by atoms with van der Waals surface area (Å²) in [6.45, 7) is 8.79. The zero-order chi connectivity index (χ0) is 21.6. The van der Waals surface area contributed by atoms with Gasteiger partial charge in [-0.25, -0.2) is 0 Å². The van der Waals surface area contributed by atoms with E-state index in [1.165, 1.54) is 0 Å². The highest BCUT2D eigenvalue weighted by molar-refractivity contribution is 6.36. The molecule has 6 nitrogen and oxygen atoms in total. The molecule has 2 rings (SSSR count). The van der Waals surface area contributed by atoms with Gasteiger partial charge in [0.25, 0.3) is 11.8 Å². The van der Waals surface area contributed by atoms with E-state index in [9.17, 15) is 9.59 Å². The van der Waals surface area contributed by atoms with Gasteiger partial charge in [0.2, 0.25) is 0 Å². The van der Waals surface area contributed by atoms with Crippen LogP contribution in [0.2, 0.25) is 10.0 Å². The molecule has 1 heterocycles. The lowest BCUT2D eigenvalue weighted by atomic mass is 10.1. The first-order valence-corrected chi connectivity index (χ1v) is 10.5. The van der Waals surface area contributed by atoms with E-state index in [4.69, 9.17) is 27.7 Å². The molecule has 0 bridgehead atoms. The van der Waals surface area contributed by atoms with Gasteiger partial charge in [0.05, 0.1) is 17.1 Å². The van der Waals surface area contributed by atoms with Gasteiger partial charge < -0.3 is 14.7 Å². The number of nitrogens with one attached hydrogen (secondary N) is 1. The van der Waals surface area contributed by atoms with Crippen LogP contribution in [-0.2, 0) is 6.54 Å². The van der Waals surface area contributed by atoms with Crippen LogP contribution in [0, 0.1) is 5.92 Å². The highest BCUT2D eigenvalue weighted by Crippen LogP contribution is 2.25. The molecule has 0 fully saturated rings. The average molecular weight is 440 g/mol. The van der Waals surface area contributed by atoms with Crippen molar-refractivity contribution in [3.63, 3.8) is 0 Å². The molecule has 1 aromatic carbocycles. The first kappa shape index (κ1) is 23.2. The van der Waals surface area contributed by atoms with E-state index < -0.39 is 0 Å². The van der Waals surface area contributed by atoms with E-state index in [0.29, 0.717) is 33.8 Å². The third kappa shape index (κ3) is 6.21. The van der Waals surface area contributed by atoms with E-state index in [2.05, 4.69) is 10.5 Å². The second-order valence-electron chi connectivity index (χ2n) is 7.31. The zero-order valence-electron chi connectivity index (χ0n) is 17.2. The molecular weight excluding hydrogens is 413 g/mol. The molecule has 2 amide bonds. The number of benzene rings is 1. The molecule has 158 valence electrons. The molecule has 8 heteroatoms. The standard InChI is InChI=1S/C21H27Cl2N3O3/c1-5-15(6-2)26(21(28)17-8-7-14(22)9-18(17)23)12-16-10-19(25-29-16)20(27)24-11-13(3)4/h7-10,13,15H,5-6,11-12H2,1-4H3,(H,24,27). The SMILES string of the molecule is CCC(CC)N(Cc1cc(C(=O)NCC(C)C)no1)C(=O)c1ccc(Cl)cc1Cl.